The molecule has 1 aromatic carbocycles. The predicted octanol–water partition coefficient (Wildman–Crippen LogP) is 1.64. The second kappa shape index (κ2) is 7.79. The second-order valence-electron chi connectivity index (χ2n) is 4.25. The molecule has 0 saturated carbocycles. The van der Waals surface area contributed by atoms with Crippen molar-refractivity contribution in [1.82, 2.24) is 5.32 Å². The number of carbonyl (C=O) groups excluding carboxylic acids is 1. The average Bonchev–Trinajstić information content (AvgIpc) is 2.29. The van der Waals surface area contributed by atoms with Gasteiger partial charge in [-0.25, -0.2) is 4.39 Å². The van der Waals surface area contributed by atoms with E-state index >= 15 is 0 Å². The van der Waals surface area contributed by atoms with Gasteiger partial charge in [0.15, 0.2) is 0 Å². The van der Waals surface area contributed by atoms with E-state index < -0.39 is 0 Å². The summed E-state index contributed by atoms with van der Waals surface area (Å²) in [4.78, 5) is 11.5. The Morgan fingerprint density at radius 1 is 1.50 bits per heavy atom. The van der Waals surface area contributed by atoms with Crippen molar-refractivity contribution >= 4 is 11.6 Å². The first kappa shape index (κ1) is 14.6. The van der Waals surface area contributed by atoms with Crippen LogP contribution in [0.4, 0.5) is 10.1 Å². The Hall–Kier alpha value is -1.46. The van der Waals surface area contributed by atoms with Crippen LogP contribution in [-0.4, -0.2) is 32.7 Å². The number of nitrogens with one attached hydrogen (secondary N) is 2. The van der Waals surface area contributed by atoms with Gasteiger partial charge in [0.1, 0.15) is 5.82 Å². The van der Waals surface area contributed by atoms with Crippen LogP contribution < -0.4 is 10.6 Å². The van der Waals surface area contributed by atoms with E-state index in [9.17, 15) is 9.18 Å². The molecule has 0 aromatic heterocycles. The summed E-state index contributed by atoms with van der Waals surface area (Å²) < 4.78 is 17.9. The Kier molecular flexibility index (Phi) is 6.32. The fraction of sp³-hybridized carbons (Fsp3) is 0.462. The molecule has 0 radical (unpaired) electrons. The molecule has 1 aromatic rings. The van der Waals surface area contributed by atoms with Crippen molar-refractivity contribution in [2.75, 3.05) is 32.1 Å². The molecule has 0 heterocycles. The monoisotopic (exact) mass is 254 g/mol. The SMILES string of the molecule is COCC(C)CNCC(=O)Nc1cccc(F)c1. The second-order valence-corrected chi connectivity index (χ2v) is 4.25. The summed E-state index contributed by atoms with van der Waals surface area (Å²) in [5, 5.41) is 5.63. The highest BCUT2D eigenvalue weighted by Gasteiger charge is 2.05. The number of hydrogen-bond donors (Lipinski definition) is 2. The van der Waals surface area contributed by atoms with E-state index in [4.69, 9.17) is 4.74 Å². The van der Waals surface area contributed by atoms with Crippen LogP contribution in [0.1, 0.15) is 6.92 Å². The summed E-state index contributed by atoms with van der Waals surface area (Å²) in [6, 6.07) is 5.82. The largest absolute Gasteiger partial charge is 0.384 e. The number of benzene rings is 1. The molecule has 0 spiro atoms. The molecule has 0 saturated heterocycles. The highest BCUT2D eigenvalue weighted by atomic mass is 19.1. The van der Waals surface area contributed by atoms with Gasteiger partial charge in [-0.1, -0.05) is 13.0 Å². The molecular weight excluding hydrogens is 235 g/mol. The molecule has 0 aliphatic heterocycles. The minimum Gasteiger partial charge on any atom is -0.384 e. The van der Waals surface area contributed by atoms with Gasteiger partial charge in [-0.15, -0.1) is 0 Å². The van der Waals surface area contributed by atoms with Crippen molar-refractivity contribution in [2.45, 2.75) is 6.92 Å². The average molecular weight is 254 g/mol. The summed E-state index contributed by atoms with van der Waals surface area (Å²) in [6.07, 6.45) is 0. The van der Waals surface area contributed by atoms with Gasteiger partial charge in [0.25, 0.3) is 0 Å². The van der Waals surface area contributed by atoms with Gasteiger partial charge in [0.05, 0.1) is 6.54 Å². The van der Waals surface area contributed by atoms with Crippen molar-refractivity contribution < 1.29 is 13.9 Å². The van der Waals surface area contributed by atoms with Crippen LogP contribution >= 0.6 is 0 Å². The van der Waals surface area contributed by atoms with Crippen LogP contribution in [0.15, 0.2) is 24.3 Å². The maximum absolute atomic E-state index is 12.9. The smallest absolute Gasteiger partial charge is 0.238 e. The number of methoxy groups -OCH3 is 1. The minimum atomic E-state index is -0.366. The van der Waals surface area contributed by atoms with Crippen molar-refractivity contribution in [3.63, 3.8) is 0 Å². The first-order valence-electron chi connectivity index (χ1n) is 5.87. The fourth-order valence-corrected chi connectivity index (χ4v) is 1.55. The molecule has 100 valence electrons. The molecule has 0 aliphatic carbocycles. The first-order chi connectivity index (χ1) is 8.61. The zero-order valence-corrected chi connectivity index (χ0v) is 10.7. The number of ether oxygens (including phenoxy) is 1. The minimum absolute atomic E-state index is 0.190. The summed E-state index contributed by atoms with van der Waals surface area (Å²) >= 11 is 0. The summed E-state index contributed by atoms with van der Waals surface area (Å²) in [5.41, 5.74) is 0.465. The van der Waals surface area contributed by atoms with Crippen LogP contribution in [0.3, 0.4) is 0 Å². The van der Waals surface area contributed by atoms with Crippen molar-refractivity contribution in [3.8, 4) is 0 Å². The van der Waals surface area contributed by atoms with Gasteiger partial charge in [-0.3, -0.25) is 4.79 Å². The highest BCUT2D eigenvalue weighted by Crippen LogP contribution is 2.08. The molecule has 0 bridgehead atoms. The van der Waals surface area contributed by atoms with E-state index in [0.29, 0.717) is 24.8 Å². The maximum Gasteiger partial charge on any atom is 0.238 e. The number of carbonyl (C=O) groups is 1. The van der Waals surface area contributed by atoms with E-state index in [0.717, 1.165) is 0 Å². The van der Waals surface area contributed by atoms with E-state index in [2.05, 4.69) is 10.6 Å². The van der Waals surface area contributed by atoms with Gasteiger partial charge in [0, 0.05) is 25.9 Å². The van der Waals surface area contributed by atoms with Gasteiger partial charge in [0.2, 0.25) is 5.91 Å². The number of rotatable bonds is 7. The van der Waals surface area contributed by atoms with E-state index in [-0.39, 0.29) is 18.3 Å². The third-order valence-corrected chi connectivity index (χ3v) is 2.34. The Labute approximate surface area is 107 Å². The van der Waals surface area contributed by atoms with Gasteiger partial charge >= 0.3 is 0 Å². The zero-order valence-electron chi connectivity index (χ0n) is 10.7. The lowest BCUT2D eigenvalue weighted by Crippen LogP contribution is -2.32. The molecule has 1 atom stereocenters. The highest BCUT2D eigenvalue weighted by molar-refractivity contribution is 5.92. The number of halogens is 1. The topological polar surface area (TPSA) is 50.4 Å². The van der Waals surface area contributed by atoms with Crippen molar-refractivity contribution in [1.29, 1.82) is 0 Å². The third-order valence-electron chi connectivity index (χ3n) is 2.34. The standard InChI is InChI=1S/C13H19FN2O2/c1-10(9-18-2)7-15-8-13(17)16-12-5-3-4-11(14)6-12/h3-6,10,15H,7-9H2,1-2H3,(H,16,17). The Bertz CT molecular complexity index is 385. The van der Waals surface area contributed by atoms with Crippen LogP contribution in [0.25, 0.3) is 0 Å². The Balaban J connectivity index is 2.25. The van der Waals surface area contributed by atoms with Crippen molar-refractivity contribution in [2.24, 2.45) is 5.92 Å². The molecule has 18 heavy (non-hydrogen) atoms. The van der Waals surface area contributed by atoms with Crippen LogP contribution in [-0.2, 0) is 9.53 Å². The van der Waals surface area contributed by atoms with Gasteiger partial charge in [-0.05, 0) is 24.1 Å². The molecule has 1 unspecified atom stereocenters. The fourth-order valence-electron chi connectivity index (χ4n) is 1.55. The van der Waals surface area contributed by atoms with E-state index in [1.807, 2.05) is 6.92 Å². The Morgan fingerprint density at radius 3 is 2.94 bits per heavy atom. The summed E-state index contributed by atoms with van der Waals surface area (Å²) in [6.45, 7) is 3.58. The van der Waals surface area contributed by atoms with Crippen LogP contribution in [0.5, 0.6) is 0 Å². The quantitative estimate of drug-likeness (QED) is 0.777. The van der Waals surface area contributed by atoms with Crippen LogP contribution in [0.2, 0.25) is 0 Å². The van der Waals surface area contributed by atoms with Crippen LogP contribution in [0, 0.1) is 11.7 Å². The molecule has 4 nitrogen and oxygen atoms in total. The number of hydrogen-bond acceptors (Lipinski definition) is 3. The van der Waals surface area contributed by atoms with E-state index in [1.165, 1.54) is 12.1 Å². The predicted molar refractivity (Wildman–Crippen MR) is 68.9 cm³/mol. The third kappa shape index (κ3) is 5.75. The lowest BCUT2D eigenvalue weighted by molar-refractivity contribution is -0.115. The number of amides is 1. The van der Waals surface area contributed by atoms with E-state index in [1.54, 1.807) is 19.2 Å². The summed E-state index contributed by atoms with van der Waals surface area (Å²) in [7, 11) is 1.65. The molecule has 0 fully saturated rings. The molecule has 1 amide bonds. The maximum atomic E-state index is 12.9. The molecule has 2 N–H and O–H groups in total. The zero-order chi connectivity index (χ0) is 13.4. The molecule has 1 rings (SSSR count). The lowest BCUT2D eigenvalue weighted by Gasteiger charge is -2.11. The normalized spacial score (nSPS) is 12.2. The van der Waals surface area contributed by atoms with Gasteiger partial charge in [-0.2, -0.15) is 0 Å². The lowest BCUT2D eigenvalue weighted by atomic mass is 10.2. The Morgan fingerprint density at radius 2 is 2.28 bits per heavy atom. The summed E-state index contributed by atoms with van der Waals surface area (Å²) in [5.74, 6) is -0.211. The molecule has 5 heteroatoms. The molecular formula is C13H19FN2O2. The number of anilines is 1. The molecule has 0 aliphatic rings. The van der Waals surface area contributed by atoms with Crippen molar-refractivity contribution in [3.05, 3.63) is 30.1 Å². The van der Waals surface area contributed by atoms with Gasteiger partial charge < -0.3 is 15.4 Å². The first-order valence-corrected chi connectivity index (χ1v) is 5.87.